The molecule has 0 aliphatic heterocycles. The van der Waals surface area contributed by atoms with Gasteiger partial charge >= 0.3 is 7.25 Å². The predicted octanol–water partition coefficient (Wildman–Crippen LogP) is 2.66. The topological polar surface area (TPSA) is 3.88 Å². The summed E-state index contributed by atoms with van der Waals surface area (Å²) in [7, 11) is -6.00. The number of rotatable bonds is 0. The Kier molecular flexibility index (Phi) is 4.68. The molecular weight excluding hydrogens is 215 g/mol. The molecule has 0 fully saturated rings. The number of hydrogen-bond acceptors (Lipinski definition) is 0. The highest BCUT2D eigenvalue weighted by Gasteiger charge is 2.20. The van der Waals surface area contributed by atoms with Gasteiger partial charge in [0.1, 0.15) is 5.02 Å². The third-order valence-electron chi connectivity index (χ3n) is 0.731. The maximum absolute atomic E-state index is 12.0. The maximum Gasteiger partial charge on any atom is 0.673 e. The molecule has 0 spiro atoms. The van der Waals surface area contributed by atoms with Crippen LogP contribution < -0.4 is 4.79 Å². The van der Waals surface area contributed by atoms with Crippen LogP contribution in [-0.4, -0.2) is 7.25 Å². The van der Waals surface area contributed by atoms with Gasteiger partial charge in [-0.25, -0.2) is 0 Å². The molecular formula is C5H4BClF5N. The molecule has 0 saturated heterocycles. The highest BCUT2D eigenvalue weighted by molar-refractivity contribution is 6.50. The van der Waals surface area contributed by atoms with E-state index in [1.54, 1.807) is 6.07 Å². The molecule has 0 aliphatic rings. The first-order chi connectivity index (χ1) is 5.79. The van der Waals surface area contributed by atoms with Crippen molar-refractivity contribution in [1.29, 1.82) is 0 Å². The second-order valence-electron chi connectivity index (χ2n) is 1.86. The first kappa shape index (κ1) is 12.2. The van der Waals surface area contributed by atoms with E-state index in [9.17, 15) is 21.7 Å². The summed E-state index contributed by atoms with van der Waals surface area (Å²) in [6, 6.07) is 3.14. The third-order valence-corrected chi connectivity index (χ3v) is 0.954. The number of nitrogens with zero attached hydrogens (tertiary/aromatic N) is 1. The average molecular weight is 219 g/mol. The summed E-state index contributed by atoms with van der Waals surface area (Å²) in [6.45, 7) is 0. The minimum absolute atomic E-state index is 0.398. The van der Waals surface area contributed by atoms with E-state index in [0.717, 1.165) is 0 Å². The van der Waals surface area contributed by atoms with E-state index < -0.39 is 7.25 Å². The molecule has 0 atom stereocenters. The van der Waals surface area contributed by atoms with Gasteiger partial charge in [-0.3, -0.25) is 0 Å². The van der Waals surface area contributed by atoms with Crippen LogP contribution in [0.4, 0.5) is 21.7 Å². The van der Waals surface area contributed by atoms with Gasteiger partial charge < -0.3 is 17.3 Å². The Hall–Kier alpha value is -0.845. The Morgan fingerprint density at radius 2 is 1.69 bits per heavy atom. The summed E-state index contributed by atoms with van der Waals surface area (Å²) >= 11 is 5.38. The van der Waals surface area contributed by atoms with Gasteiger partial charge in [0.05, 0.1) is 4.48 Å². The molecule has 1 aromatic rings. The van der Waals surface area contributed by atoms with Crippen LogP contribution in [0, 0.1) is 0 Å². The molecule has 0 amide bonds. The fourth-order valence-corrected chi connectivity index (χ4v) is 0.587. The van der Waals surface area contributed by atoms with Crippen LogP contribution in [0.25, 0.3) is 0 Å². The van der Waals surface area contributed by atoms with Crippen molar-refractivity contribution in [1.82, 2.24) is 0 Å². The first-order valence-corrected chi connectivity index (χ1v) is 3.37. The smallest absolute Gasteiger partial charge is 0.418 e. The quantitative estimate of drug-likeness (QED) is 0.466. The monoisotopic (exact) mass is 219 g/mol. The standard InChI is InChI=1S/C5H4ClFN.BF4/c6-5-2-1-3-8(7)4-5;2-1(3,4)5/h1-4H;/q+1;-1. The van der Waals surface area contributed by atoms with Gasteiger partial charge in [-0.1, -0.05) is 11.6 Å². The zero-order valence-electron chi connectivity index (χ0n) is 6.10. The predicted molar refractivity (Wildman–Crippen MR) is 38.3 cm³/mol. The van der Waals surface area contributed by atoms with Gasteiger partial charge in [0.2, 0.25) is 12.4 Å². The summed E-state index contributed by atoms with van der Waals surface area (Å²) in [5.41, 5.74) is 0. The molecule has 1 aromatic heterocycles. The fourth-order valence-electron chi connectivity index (χ4n) is 0.421. The van der Waals surface area contributed by atoms with Crippen LogP contribution in [0.15, 0.2) is 24.5 Å². The lowest BCUT2D eigenvalue weighted by Crippen LogP contribution is -2.19. The Morgan fingerprint density at radius 1 is 1.23 bits per heavy atom. The lowest BCUT2D eigenvalue weighted by Gasteiger charge is -1.94. The summed E-state index contributed by atoms with van der Waals surface area (Å²) < 4.78 is 51.0. The van der Waals surface area contributed by atoms with Crippen LogP contribution in [0.1, 0.15) is 0 Å². The van der Waals surface area contributed by atoms with Gasteiger partial charge in [0, 0.05) is 10.9 Å². The molecule has 0 aromatic carbocycles. The summed E-state index contributed by atoms with van der Waals surface area (Å²) in [6.07, 6.45) is 2.45. The third kappa shape index (κ3) is 11.2. The van der Waals surface area contributed by atoms with Crippen molar-refractivity contribution in [3.63, 3.8) is 0 Å². The molecule has 0 aliphatic carbocycles. The van der Waals surface area contributed by atoms with Crippen molar-refractivity contribution in [2.75, 3.05) is 0 Å². The second kappa shape index (κ2) is 5.01. The van der Waals surface area contributed by atoms with Crippen molar-refractivity contribution in [2.45, 2.75) is 0 Å². The van der Waals surface area contributed by atoms with Crippen molar-refractivity contribution in [3.05, 3.63) is 29.5 Å². The van der Waals surface area contributed by atoms with Crippen LogP contribution in [0.3, 0.4) is 0 Å². The van der Waals surface area contributed by atoms with Crippen LogP contribution in [0.5, 0.6) is 0 Å². The molecule has 0 radical (unpaired) electrons. The van der Waals surface area contributed by atoms with E-state index in [1.807, 2.05) is 0 Å². The summed E-state index contributed by atoms with van der Waals surface area (Å²) in [5.74, 6) is 0. The van der Waals surface area contributed by atoms with Crippen molar-refractivity contribution < 1.29 is 26.5 Å². The van der Waals surface area contributed by atoms with Gasteiger partial charge in [0.15, 0.2) is 0 Å². The first-order valence-electron chi connectivity index (χ1n) is 2.99. The average Bonchev–Trinajstić information content (AvgIpc) is 1.81. The Bertz CT molecular complexity index is 242. The summed E-state index contributed by atoms with van der Waals surface area (Å²) in [5, 5.41) is 0.398. The van der Waals surface area contributed by atoms with E-state index in [1.165, 1.54) is 18.5 Å². The molecule has 8 heteroatoms. The molecule has 0 saturated carbocycles. The van der Waals surface area contributed by atoms with Gasteiger partial charge in [-0.15, -0.1) is 0 Å². The highest BCUT2D eigenvalue weighted by Crippen LogP contribution is 2.06. The van der Waals surface area contributed by atoms with E-state index in [4.69, 9.17) is 11.6 Å². The molecule has 0 N–H and O–H groups in total. The normalized spacial score (nSPS) is 10.3. The van der Waals surface area contributed by atoms with Gasteiger partial charge in [-0.05, 0) is 6.07 Å². The minimum atomic E-state index is -6.00. The summed E-state index contributed by atoms with van der Waals surface area (Å²) in [4.78, 5) is 0.405. The zero-order valence-corrected chi connectivity index (χ0v) is 6.86. The zero-order chi connectivity index (χ0) is 10.5. The Morgan fingerprint density at radius 3 is 1.92 bits per heavy atom. The number of pyridine rings is 1. The second-order valence-corrected chi connectivity index (χ2v) is 2.30. The molecule has 1 heterocycles. The van der Waals surface area contributed by atoms with Gasteiger partial charge in [0.25, 0.3) is 0 Å². The van der Waals surface area contributed by atoms with E-state index >= 15 is 0 Å². The van der Waals surface area contributed by atoms with Gasteiger partial charge in [-0.2, -0.15) is 0 Å². The molecule has 0 bridgehead atoms. The van der Waals surface area contributed by atoms with Crippen LogP contribution >= 0.6 is 11.6 Å². The Balaban J connectivity index is 0.000000252. The Labute approximate surface area is 75.8 Å². The number of aromatic nitrogens is 1. The highest BCUT2D eigenvalue weighted by atomic mass is 35.5. The molecule has 13 heavy (non-hydrogen) atoms. The van der Waals surface area contributed by atoms with Crippen molar-refractivity contribution in [3.8, 4) is 0 Å². The van der Waals surface area contributed by atoms with Crippen LogP contribution in [0.2, 0.25) is 5.02 Å². The lowest BCUT2D eigenvalue weighted by molar-refractivity contribution is -0.843. The van der Waals surface area contributed by atoms with E-state index in [-0.39, 0.29) is 0 Å². The van der Waals surface area contributed by atoms with E-state index in [2.05, 4.69) is 0 Å². The SMILES string of the molecule is F[B-](F)(F)F.F[n+]1cccc(Cl)c1. The molecule has 1 rings (SSSR count). The lowest BCUT2D eigenvalue weighted by atomic mass is 10.3. The largest absolute Gasteiger partial charge is 0.673 e. The molecule has 0 unspecified atom stereocenters. The molecule has 74 valence electrons. The van der Waals surface area contributed by atoms with Crippen molar-refractivity contribution >= 4 is 18.9 Å². The van der Waals surface area contributed by atoms with E-state index in [0.29, 0.717) is 9.81 Å². The number of halogens is 6. The minimum Gasteiger partial charge on any atom is -0.418 e. The van der Waals surface area contributed by atoms with Crippen molar-refractivity contribution in [2.24, 2.45) is 0 Å². The maximum atomic E-state index is 12.0. The van der Waals surface area contributed by atoms with Crippen LogP contribution in [-0.2, 0) is 0 Å². The number of hydrogen-bond donors (Lipinski definition) is 0. The molecule has 1 nitrogen and oxygen atoms in total. The fraction of sp³-hybridized carbons (Fsp3) is 0.